The third-order valence-electron chi connectivity index (χ3n) is 2.73. The number of ketones is 1. The van der Waals surface area contributed by atoms with Gasteiger partial charge in [0.2, 0.25) is 0 Å². The molecule has 0 aliphatic heterocycles. The van der Waals surface area contributed by atoms with E-state index >= 15 is 0 Å². The molecule has 13 heavy (non-hydrogen) atoms. The number of carbonyl (C=O) groups excluding carboxylic acids is 1. The topological polar surface area (TPSA) is 17.1 Å². The lowest BCUT2D eigenvalue weighted by atomic mass is 9.81. The van der Waals surface area contributed by atoms with Gasteiger partial charge in [-0.2, -0.15) is 0 Å². The van der Waals surface area contributed by atoms with Crippen LogP contribution in [0.25, 0.3) is 0 Å². The van der Waals surface area contributed by atoms with Gasteiger partial charge >= 0.3 is 0 Å². The van der Waals surface area contributed by atoms with Crippen molar-refractivity contribution in [2.45, 2.75) is 32.6 Å². The molecule has 2 atom stereocenters. The number of allylic oxidation sites excluding steroid dienone is 3. The van der Waals surface area contributed by atoms with E-state index < -0.39 is 0 Å². The SMILES string of the molecule is C=CCCC(=O)[C@H]1CCC=CC1C. The van der Waals surface area contributed by atoms with E-state index in [-0.39, 0.29) is 5.92 Å². The maximum absolute atomic E-state index is 11.7. The van der Waals surface area contributed by atoms with Crippen molar-refractivity contribution >= 4 is 5.78 Å². The quantitative estimate of drug-likeness (QED) is 0.604. The largest absolute Gasteiger partial charge is 0.299 e. The van der Waals surface area contributed by atoms with Crippen LogP contribution in [0.1, 0.15) is 32.6 Å². The molecule has 0 spiro atoms. The highest BCUT2D eigenvalue weighted by molar-refractivity contribution is 5.81. The van der Waals surface area contributed by atoms with Crippen LogP contribution < -0.4 is 0 Å². The second kappa shape index (κ2) is 5.00. The van der Waals surface area contributed by atoms with Gasteiger partial charge in [-0.05, 0) is 25.2 Å². The van der Waals surface area contributed by atoms with Crippen molar-refractivity contribution in [3.8, 4) is 0 Å². The molecule has 1 unspecified atom stereocenters. The molecule has 0 heterocycles. The molecule has 0 amide bonds. The molecule has 1 aliphatic rings. The van der Waals surface area contributed by atoms with Gasteiger partial charge in [0.25, 0.3) is 0 Å². The molecule has 1 rings (SSSR count). The van der Waals surface area contributed by atoms with Crippen molar-refractivity contribution in [2.75, 3.05) is 0 Å². The fourth-order valence-corrected chi connectivity index (χ4v) is 1.87. The smallest absolute Gasteiger partial charge is 0.136 e. The second-order valence-corrected chi connectivity index (χ2v) is 3.76. The summed E-state index contributed by atoms with van der Waals surface area (Å²) in [6.45, 7) is 5.76. The van der Waals surface area contributed by atoms with Crippen molar-refractivity contribution in [3.63, 3.8) is 0 Å². The molecule has 0 aromatic carbocycles. The average Bonchev–Trinajstić information content (AvgIpc) is 2.15. The Bertz CT molecular complexity index is 215. The summed E-state index contributed by atoms with van der Waals surface area (Å²) in [6, 6.07) is 0. The van der Waals surface area contributed by atoms with Crippen LogP contribution in [-0.4, -0.2) is 5.78 Å². The first kappa shape index (κ1) is 10.2. The molecule has 0 N–H and O–H groups in total. The zero-order valence-corrected chi connectivity index (χ0v) is 8.33. The summed E-state index contributed by atoms with van der Waals surface area (Å²) in [6.07, 6.45) is 9.77. The van der Waals surface area contributed by atoms with Crippen LogP contribution in [0.5, 0.6) is 0 Å². The lowest BCUT2D eigenvalue weighted by molar-refractivity contribution is -0.124. The van der Waals surface area contributed by atoms with Gasteiger partial charge in [-0.15, -0.1) is 6.58 Å². The van der Waals surface area contributed by atoms with Gasteiger partial charge < -0.3 is 0 Å². The first-order chi connectivity index (χ1) is 6.25. The summed E-state index contributed by atoms with van der Waals surface area (Å²) in [4.78, 5) is 11.7. The Hall–Kier alpha value is -0.850. The Morgan fingerprint density at radius 1 is 1.69 bits per heavy atom. The minimum Gasteiger partial charge on any atom is -0.299 e. The van der Waals surface area contributed by atoms with Crippen LogP contribution >= 0.6 is 0 Å². The predicted octanol–water partition coefficient (Wildman–Crippen LogP) is 3.12. The maximum Gasteiger partial charge on any atom is 0.136 e. The van der Waals surface area contributed by atoms with E-state index in [1.165, 1.54) is 0 Å². The molecular weight excluding hydrogens is 160 g/mol. The Morgan fingerprint density at radius 3 is 3.08 bits per heavy atom. The third-order valence-corrected chi connectivity index (χ3v) is 2.73. The van der Waals surface area contributed by atoms with Gasteiger partial charge in [0, 0.05) is 12.3 Å². The summed E-state index contributed by atoms with van der Waals surface area (Å²) in [7, 11) is 0. The van der Waals surface area contributed by atoms with Gasteiger partial charge in [-0.1, -0.05) is 25.2 Å². The van der Waals surface area contributed by atoms with Crippen molar-refractivity contribution in [3.05, 3.63) is 24.8 Å². The number of rotatable bonds is 4. The van der Waals surface area contributed by atoms with Crippen molar-refractivity contribution in [1.29, 1.82) is 0 Å². The summed E-state index contributed by atoms with van der Waals surface area (Å²) in [5, 5.41) is 0. The highest BCUT2D eigenvalue weighted by Gasteiger charge is 2.23. The van der Waals surface area contributed by atoms with E-state index in [2.05, 4.69) is 25.7 Å². The number of Topliss-reactive ketones (excluding diaryl/α,β-unsaturated/α-hetero) is 1. The molecule has 0 aromatic heterocycles. The van der Waals surface area contributed by atoms with Gasteiger partial charge in [0.15, 0.2) is 0 Å². The summed E-state index contributed by atoms with van der Waals surface area (Å²) >= 11 is 0. The normalized spacial score (nSPS) is 27.2. The molecule has 0 bridgehead atoms. The molecule has 1 nitrogen and oxygen atoms in total. The summed E-state index contributed by atoms with van der Waals surface area (Å²) in [5.74, 6) is 1.12. The lowest BCUT2D eigenvalue weighted by Crippen LogP contribution is -2.22. The average molecular weight is 178 g/mol. The van der Waals surface area contributed by atoms with Crippen LogP contribution in [0.4, 0.5) is 0 Å². The number of carbonyl (C=O) groups is 1. The Kier molecular flexibility index (Phi) is 3.94. The van der Waals surface area contributed by atoms with Crippen LogP contribution in [0.15, 0.2) is 24.8 Å². The van der Waals surface area contributed by atoms with E-state index in [0.717, 1.165) is 19.3 Å². The molecule has 0 fully saturated rings. The van der Waals surface area contributed by atoms with Crippen molar-refractivity contribution in [2.24, 2.45) is 11.8 Å². The predicted molar refractivity (Wildman–Crippen MR) is 55.5 cm³/mol. The highest BCUT2D eigenvalue weighted by Crippen LogP contribution is 2.26. The van der Waals surface area contributed by atoms with Crippen LogP contribution in [0.3, 0.4) is 0 Å². The van der Waals surface area contributed by atoms with Crippen LogP contribution in [-0.2, 0) is 4.79 Å². The first-order valence-electron chi connectivity index (χ1n) is 5.06. The van der Waals surface area contributed by atoms with Gasteiger partial charge in [-0.3, -0.25) is 4.79 Å². The Labute approximate surface area is 80.5 Å². The number of hydrogen-bond acceptors (Lipinski definition) is 1. The van der Waals surface area contributed by atoms with Crippen molar-refractivity contribution < 1.29 is 4.79 Å². The summed E-state index contributed by atoms with van der Waals surface area (Å²) < 4.78 is 0. The fraction of sp³-hybridized carbons (Fsp3) is 0.583. The van der Waals surface area contributed by atoms with E-state index in [9.17, 15) is 4.79 Å². The minimum atomic E-state index is 0.268. The molecule has 72 valence electrons. The molecule has 1 heteroatoms. The second-order valence-electron chi connectivity index (χ2n) is 3.76. The lowest BCUT2D eigenvalue weighted by Gasteiger charge is -2.22. The maximum atomic E-state index is 11.7. The van der Waals surface area contributed by atoms with E-state index in [1.807, 2.05) is 6.08 Å². The summed E-state index contributed by atoms with van der Waals surface area (Å²) in [5.41, 5.74) is 0. The minimum absolute atomic E-state index is 0.268. The van der Waals surface area contributed by atoms with Crippen LogP contribution in [0.2, 0.25) is 0 Å². The molecular formula is C12H18O. The van der Waals surface area contributed by atoms with E-state index in [4.69, 9.17) is 0 Å². The van der Waals surface area contributed by atoms with Crippen LogP contribution in [0, 0.1) is 11.8 Å². The van der Waals surface area contributed by atoms with Gasteiger partial charge in [-0.25, -0.2) is 0 Å². The number of hydrogen-bond donors (Lipinski definition) is 0. The molecule has 0 saturated heterocycles. The monoisotopic (exact) mass is 178 g/mol. The molecule has 0 saturated carbocycles. The van der Waals surface area contributed by atoms with E-state index in [1.54, 1.807) is 0 Å². The van der Waals surface area contributed by atoms with Gasteiger partial charge in [0.1, 0.15) is 5.78 Å². The molecule has 1 aliphatic carbocycles. The standard InChI is InChI=1S/C12H18O/c1-3-4-9-12(13)11-8-6-5-7-10(11)2/h3,5,7,10-11H,1,4,6,8-9H2,2H3/t10?,11-/m0/s1. The molecule has 0 radical (unpaired) electrons. The third kappa shape index (κ3) is 2.83. The first-order valence-corrected chi connectivity index (χ1v) is 5.06. The van der Waals surface area contributed by atoms with Crippen molar-refractivity contribution in [1.82, 2.24) is 0 Å². The van der Waals surface area contributed by atoms with Gasteiger partial charge in [0.05, 0.1) is 0 Å². The zero-order chi connectivity index (χ0) is 9.68. The Morgan fingerprint density at radius 2 is 2.46 bits per heavy atom. The Balaban J connectivity index is 2.45. The highest BCUT2D eigenvalue weighted by atomic mass is 16.1. The molecule has 0 aromatic rings. The zero-order valence-electron chi connectivity index (χ0n) is 8.33. The fourth-order valence-electron chi connectivity index (χ4n) is 1.87. The van der Waals surface area contributed by atoms with E-state index in [0.29, 0.717) is 18.1 Å².